The summed E-state index contributed by atoms with van der Waals surface area (Å²) in [6.07, 6.45) is 5.56. The molecule has 0 amide bonds. The quantitative estimate of drug-likeness (QED) is 0.765. The summed E-state index contributed by atoms with van der Waals surface area (Å²) in [6.45, 7) is 0.765. The molecule has 13 heavy (non-hydrogen) atoms. The minimum absolute atomic E-state index is 0.639. The number of hydrogen-bond acceptors (Lipinski definition) is 3. The lowest BCUT2D eigenvalue weighted by Gasteiger charge is -2.04. The first kappa shape index (κ1) is 8.35. The Morgan fingerprint density at radius 1 is 1.54 bits per heavy atom. The van der Waals surface area contributed by atoms with Gasteiger partial charge in [0.25, 0.3) is 0 Å². The average Bonchev–Trinajstić information content (AvgIpc) is 2.88. The number of anilines is 1. The zero-order valence-electron chi connectivity index (χ0n) is 7.57. The van der Waals surface area contributed by atoms with Gasteiger partial charge in [0.2, 0.25) is 5.88 Å². The van der Waals surface area contributed by atoms with Gasteiger partial charge in [0, 0.05) is 18.0 Å². The molecule has 70 valence electrons. The molecule has 2 rings (SSSR count). The van der Waals surface area contributed by atoms with E-state index in [-0.39, 0.29) is 0 Å². The van der Waals surface area contributed by atoms with Gasteiger partial charge in [0.15, 0.2) is 0 Å². The molecule has 1 aromatic rings. The number of nitrogen functional groups attached to an aromatic ring is 1. The van der Waals surface area contributed by atoms with E-state index >= 15 is 0 Å². The van der Waals surface area contributed by atoms with Crippen LogP contribution in [0, 0.1) is 5.92 Å². The van der Waals surface area contributed by atoms with Crippen LogP contribution in [0.1, 0.15) is 19.3 Å². The van der Waals surface area contributed by atoms with Crippen molar-refractivity contribution in [3.05, 3.63) is 18.3 Å². The third-order valence-corrected chi connectivity index (χ3v) is 2.23. The van der Waals surface area contributed by atoms with Gasteiger partial charge in [-0.05, 0) is 18.4 Å². The Kier molecular flexibility index (Phi) is 2.34. The van der Waals surface area contributed by atoms with Crippen molar-refractivity contribution in [2.45, 2.75) is 19.3 Å². The second-order valence-electron chi connectivity index (χ2n) is 3.51. The van der Waals surface area contributed by atoms with Crippen LogP contribution in [0.4, 0.5) is 5.69 Å². The predicted octanol–water partition coefficient (Wildman–Crippen LogP) is 1.84. The maximum absolute atomic E-state index is 5.58. The number of nitrogens with zero attached hydrogens (tertiary/aromatic N) is 1. The molecule has 2 N–H and O–H groups in total. The minimum Gasteiger partial charge on any atom is -0.478 e. The number of nitrogens with two attached hydrogens (primary N) is 1. The molecule has 1 saturated carbocycles. The van der Waals surface area contributed by atoms with Crippen LogP contribution < -0.4 is 10.5 Å². The van der Waals surface area contributed by atoms with Crippen LogP contribution in [0.2, 0.25) is 0 Å². The summed E-state index contributed by atoms with van der Waals surface area (Å²) in [5.74, 6) is 1.54. The molecule has 1 aliphatic rings. The van der Waals surface area contributed by atoms with Crippen molar-refractivity contribution in [1.29, 1.82) is 0 Å². The molecular formula is C10H14N2O. The Morgan fingerprint density at radius 2 is 2.38 bits per heavy atom. The van der Waals surface area contributed by atoms with E-state index in [2.05, 4.69) is 4.98 Å². The van der Waals surface area contributed by atoms with Gasteiger partial charge in [-0.2, -0.15) is 0 Å². The molecule has 0 saturated heterocycles. The van der Waals surface area contributed by atoms with Crippen LogP contribution in [-0.2, 0) is 0 Å². The van der Waals surface area contributed by atoms with Crippen molar-refractivity contribution in [2.24, 2.45) is 5.92 Å². The molecule has 0 unspecified atom stereocenters. The van der Waals surface area contributed by atoms with E-state index in [1.807, 2.05) is 0 Å². The first-order valence-corrected chi connectivity index (χ1v) is 4.69. The van der Waals surface area contributed by atoms with Gasteiger partial charge in [-0.15, -0.1) is 0 Å². The van der Waals surface area contributed by atoms with E-state index in [4.69, 9.17) is 10.5 Å². The molecule has 0 atom stereocenters. The number of hydrogen-bond donors (Lipinski definition) is 1. The molecular weight excluding hydrogens is 164 g/mol. The lowest BCUT2D eigenvalue weighted by Crippen LogP contribution is -2.00. The summed E-state index contributed by atoms with van der Waals surface area (Å²) >= 11 is 0. The predicted molar refractivity (Wildman–Crippen MR) is 51.5 cm³/mol. The van der Waals surface area contributed by atoms with Gasteiger partial charge in [-0.1, -0.05) is 12.8 Å². The molecule has 0 radical (unpaired) electrons. The van der Waals surface area contributed by atoms with E-state index < -0.39 is 0 Å². The second-order valence-corrected chi connectivity index (χ2v) is 3.51. The Bertz CT molecular complexity index is 284. The summed E-state index contributed by atoms with van der Waals surface area (Å²) in [5.41, 5.74) is 6.29. The van der Waals surface area contributed by atoms with Gasteiger partial charge in [0.1, 0.15) is 0 Å². The number of rotatable bonds is 4. The fraction of sp³-hybridized carbons (Fsp3) is 0.500. The summed E-state index contributed by atoms with van der Waals surface area (Å²) in [5, 5.41) is 0. The third-order valence-electron chi connectivity index (χ3n) is 2.23. The van der Waals surface area contributed by atoms with Crippen LogP contribution in [-0.4, -0.2) is 11.6 Å². The highest BCUT2D eigenvalue weighted by molar-refractivity contribution is 5.39. The van der Waals surface area contributed by atoms with Gasteiger partial charge >= 0.3 is 0 Å². The standard InChI is InChI=1S/C10H14N2O/c11-9-3-5-12-10(7-9)13-6-4-8-1-2-8/h3,5,7-8H,1-2,4,6H2,(H2,11,12). The number of pyridine rings is 1. The topological polar surface area (TPSA) is 48.1 Å². The largest absolute Gasteiger partial charge is 0.478 e. The Labute approximate surface area is 77.9 Å². The normalized spacial score (nSPS) is 15.7. The van der Waals surface area contributed by atoms with Crippen molar-refractivity contribution in [2.75, 3.05) is 12.3 Å². The van der Waals surface area contributed by atoms with E-state index in [9.17, 15) is 0 Å². The Morgan fingerprint density at radius 3 is 3.08 bits per heavy atom. The van der Waals surface area contributed by atoms with E-state index in [0.717, 1.165) is 18.9 Å². The molecule has 0 bridgehead atoms. The molecule has 0 aromatic carbocycles. The SMILES string of the molecule is Nc1ccnc(OCCC2CC2)c1. The van der Waals surface area contributed by atoms with Gasteiger partial charge in [-0.3, -0.25) is 0 Å². The highest BCUT2D eigenvalue weighted by Crippen LogP contribution is 2.32. The van der Waals surface area contributed by atoms with Crippen LogP contribution >= 0.6 is 0 Å². The highest BCUT2D eigenvalue weighted by Gasteiger charge is 2.20. The molecule has 1 aliphatic carbocycles. The lowest BCUT2D eigenvalue weighted by atomic mass is 10.3. The van der Waals surface area contributed by atoms with Crippen LogP contribution in [0.5, 0.6) is 5.88 Å². The molecule has 1 heterocycles. The smallest absolute Gasteiger partial charge is 0.215 e. The number of ether oxygens (including phenoxy) is 1. The second kappa shape index (κ2) is 3.64. The maximum Gasteiger partial charge on any atom is 0.215 e. The first-order chi connectivity index (χ1) is 6.34. The van der Waals surface area contributed by atoms with E-state index in [1.165, 1.54) is 12.8 Å². The number of aromatic nitrogens is 1. The minimum atomic E-state index is 0.639. The lowest BCUT2D eigenvalue weighted by molar-refractivity contribution is 0.291. The monoisotopic (exact) mass is 178 g/mol. The zero-order valence-corrected chi connectivity index (χ0v) is 7.57. The Hall–Kier alpha value is -1.25. The fourth-order valence-corrected chi connectivity index (χ4v) is 1.24. The van der Waals surface area contributed by atoms with Gasteiger partial charge in [0.05, 0.1) is 6.61 Å². The van der Waals surface area contributed by atoms with Crippen LogP contribution in [0.15, 0.2) is 18.3 Å². The summed E-state index contributed by atoms with van der Waals surface area (Å²) in [7, 11) is 0. The van der Waals surface area contributed by atoms with Crippen molar-refractivity contribution in [3.8, 4) is 5.88 Å². The van der Waals surface area contributed by atoms with Crippen LogP contribution in [0.25, 0.3) is 0 Å². The third kappa shape index (κ3) is 2.61. The van der Waals surface area contributed by atoms with Crippen molar-refractivity contribution >= 4 is 5.69 Å². The fourth-order valence-electron chi connectivity index (χ4n) is 1.24. The zero-order chi connectivity index (χ0) is 9.10. The Balaban J connectivity index is 1.79. The van der Waals surface area contributed by atoms with Crippen molar-refractivity contribution in [3.63, 3.8) is 0 Å². The van der Waals surface area contributed by atoms with E-state index in [0.29, 0.717) is 11.6 Å². The molecule has 3 nitrogen and oxygen atoms in total. The van der Waals surface area contributed by atoms with E-state index in [1.54, 1.807) is 18.3 Å². The van der Waals surface area contributed by atoms with Gasteiger partial charge < -0.3 is 10.5 Å². The molecule has 3 heteroatoms. The molecule has 1 aromatic heterocycles. The molecule has 0 spiro atoms. The summed E-state index contributed by atoms with van der Waals surface area (Å²) < 4.78 is 5.45. The highest BCUT2D eigenvalue weighted by atomic mass is 16.5. The maximum atomic E-state index is 5.58. The summed E-state index contributed by atoms with van der Waals surface area (Å²) in [4.78, 5) is 4.05. The summed E-state index contributed by atoms with van der Waals surface area (Å²) in [6, 6.07) is 3.51. The van der Waals surface area contributed by atoms with Crippen molar-refractivity contribution in [1.82, 2.24) is 4.98 Å². The first-order valence-electron chi connectivity index (χ1n) is 4.69. The molecule has 1 fully saturated rings. The van der Waals surface area contributed by atoms with Gasteiger partial charge in [-0.25, -0.2) is 4.98 Å². The van der Waals surface area contributed by atoms with Crippen molar-refractivity contribution < 1.29 is 4.74 Å². The average molecular weight is 178 g/mol. The molecule has 0 aliphatic heterocycles. The van der Waals surface area contributed by atoms with Crippen LogP contribution in [0.3, 0.4) is 0 Å².